The molecule has 2 aromatic carbocycles. The lowest BCUT2D eigenvalue weighted by Gasteiger charge is -2.07. The Morgan fingerprint density at radius 1 is 0.964 bits per heavy atom. The van der Waals surface area contributed by atoms with Crippen LogP contribution in [-0.2, 0) is 6.42 Å². The first-order chi connectivity index (χ1) is 13.5. The quantitative estimate of drug-likeness (QED) is 0.457. The maximum absolute atomic E-state index is 5.43. The van der Waals surface area contributed by atoms with E-state index in [1.165, 1.54) is 22.3 Å². The maximum Gasteiger partial charge on any atom is 0.233 e. The van der Waals surface area contributed by atoms with E-state index in [4.69, 9.17) is 14.2 Å². The van der Waals surface area contributed by atoms with Crippen molar-refractivity contribution in [3.63, 3.8) is 0 Å². The molecule has 5 nitrogen and oxygen atoms in total. The largest absolute Gasteiger partial charge is 0.497 e. The number of aromatic nitrogens is 3. The molecule has 0 fully saturated rings. The first-order valence-corrected chi connectivity index (χ1v) is 9.91. The highest BCUT2D eigenvalue weighted by atomic mass is 32.1. The number of aryl methyl sites for hydroxylation is 3. The highest BCUT2D eigenvalue weighted by Gasteiger charge is 2.13. The molecule has 2 aromatic heterocycles. The number of methoxy groups -OCH3 is 1. The summed E-state index contributed by atoms with van der Waals surface area (Å²) in [5.74, 6) is 1.92. The van der Waals surface area contributed by atoms with Crippen LogP contribution in [0.3, 0.4) is 0 Å². The number of thiazole rings is 1. The molecule has 0 aliphatic heterocycles. The first-order valence-electron chi connectivity index (χ1n) is 9.03. The van der Waals surface area contributed by atoms with E-state index in [9.17, 15) is 0 Å². The Bertz CT molecular complexity index is 1110. The fourth-order valence-electron chi connectivity index (χ4n) is 3.07. The Hall–Kier alpha value is -2.99. The summed E-state index contributed by atoms with van der Waals surface area (Å²) in [7, 11) is 1.64. The average molecular weight is 391 g/mol. The molecule has 0 spiro atoms. The monoisotopic (exact) mass is 391 g/mol. The van der Waals surface area contributed by atoms with Crippen molar-refractivity contribution < 1.29 is 9.26 Å². The van der Waals surface area contributed by atoms with Gasteiger partial charge in [-0.25, -0.2) is 4.98 Å². The van der Waals surface area contributed by atoms with Crippen molar-refractivity contribution in [2.45, 2.75) is 27.2 Å². The van der Waals surface area contributed by atoms with E-state index >= 15 is 0 Å². The van der Waals surface area contributed by atoms with Crippen LogP contribution in [0.5, 0.6) is 5.75 Å². The van der Waals surface area contributed by atoms with Crippen LogP contribution < -0.4 is 4.74 Å². The molecule has 0 saturated carbocycles. The summed E-state index contributed by atoms with van der Waals surface area (Å²) in [6, 6.07) is 12.0. The topological polar surface area (TPSA) is 61.0 Å². The number of rotatable bonds is 5. The van der Waals surface area contributed by atoms with Crippen LogP contribution in [0, 0.1) is 20.8 Å². The maximum atomic E-state index is 5.43. The normalized spacial score (nSPS) is 11.0. The zero-order valence-electron chi connectivity index (χ0n) is 16.3. The van der Waals surface area contributed by atoms with Gasteiger partial charge in [0.25, 0.3) is 0 Å². The van der Waals surface area contributed by atoms with E-state index in [0.29, 0.717) is 18.1 Å². The minimum absolute atomic E-state index is 0.526. The number of hydrogen-bond donors (Lipinski definition) is 0. The zero-order valence-corrected chi connectivity index (χ0v) is 17.1. The molecule has 0 saturated heterocycles. The fourth-order valence-corrected chi connectivity index (χ4v) is 3.85. The van der Waals surface area contributed by atoms with Crippen LogP contribution in [0.2, 0.25) is 0 Å². The number of nitrogens with zero attached hydrogens (tertiary/aromatic N) is 3. The molecule has 142 valence electrons. The van der Waals surface area contributed by atoms with Gasteiger partial charge in [-0.3, -0.25) is 0 Å². The van der Waals surface area contributed by atoms with Gasteiger partial charge in [-0.05, 0) is 67.8 Å². The summed E-state index contributed by atoms with van der Waals surface area (Å²) < 4.78 is 10.6. The second-order valence-electron chi connectivity index (χ2n) is 6.79. The molecule has 0 radical (unpaired) electrons. The van der Waals surface area contributed by atoms with Gasteiger partial charge in [0.2, 0.25) is 11.7 Å². The highest BCUT2D eigenvalue weighted by Crippen LogP contribution is 2.28. The number of hydrogen-bond acceptors (Lipinski definition) is 6. The second-order valence-corrected chi connectivity index (χ2v) is 7.74. The molecule has 0 bridgehead atoms. The van der Waals surface area contributed by atoms with Crippen LogP contribution in [-0.4, -0.2) is 22.2 Å². The Morgan fingerprint density at radius 2 is 1.71 bits per heavy atom. The third kappa shape index (κ3) is 3.68. The summed E-state index contributed by atoms with van der Waals surface area (Å²) in [4.78, 5) is 9.29. The third-order valence-electron chi connectivity index (χ3n) is 4.79. The van der Waals surface area contributed by atoms with Crippen molar-refractivity contribution in [2.75, 3.05) is 7.11 Å². The summed E-state index contributed by atoms with van der Waals surface area (Å²) in [6.07, 6.45) is 0.526. The molecular formula is C22H21N3O2S. The van der Waals surface area contributed by atoms with E-state index in [1.807, 2.05) is 24.3 Å². The third-order valence-corrected chi connectivity index (χ3v) is 5.64. The predicted octanol–water partition coefficient (Wildman–Crippen LogP) is 5.38. The van der Waals surface area contributed by atoms with Gasteiger partial charge in [0.15, 0.2) is 0 Å². The Labute approximate surface area is 168 Å². The zero-order chi connectivity index (χ0) is 19.7. The van der Waals surface area contributed by atoms with Gasteiger partial charge in [0, 0.05) is 16.5 Å². The summed E-state index contributed by atoms with van der Waals surface area (Å²) in [6.45, 7) is 6.39. The molecule has 4 aromatic rings. The Morgan fingerprint density at radius 3 is 2.46 bits per heavy atom. The molecular weight excluding hydrogens is 370 g/mol. The van der Waals surface area contributed by atoms with Crippen LogP contribution in [0.1, 0.15) is 27.6 Å². The second kappa shape index (κ2) is 7.56. The summed E-state index contributed by atoms with van der Waals surface area (Å²) in [5, 5.41) is 7.13. The standard InChI is InChI=1S/C22H21N3O2S/c1-13-9-15(3)18(10-14(13)2)19-12-28-21(23-19)11-20-24-22(25-27-20)16-5-7-17(26-4)8-6-16/h5-10,12H,11H2,1-4H3. The van der Waals surface area contributed by atoms with E-state index < -0.39 is 0 Å². The molecule has 6 heteroatoms. The summed E-state index contributed by atoms with van der Waals surface area (Å²) in [5.41, 5.74) is 6.87. The van der Waals surface area contributed by atoms with Gasteiger partial charge < -0.3 is 9.26 Å². The van der Waals surface area contributed by atoms with Crippen molar-refractivity contribution in [1.82, 2.24) is 15.1 Å². The minimum atomic E-state index is 0.526. The lowest BCUT2D eigenvalue weighted by molar-refractivity contribution is 0.385. The van der Waals surface area contributed by atoms with Crippen molar-refractivity contribution >= 4 is 11.3 Å². The smallest absolute Gasteiger partial charge is 0.233 e. The molecule has 0 unspecified atom stereocenters. The first kappa shape index (κ1) is 18.4. The van der Waals surface area contributed by atoms with Crippen molar-refractivity contribution in [2.24, 2.45) is 0 Å². The molecule has 4 rings (SSSR count). The van der Waals surface area contributed by atoms with Crippen LogP contribution in [0.15, 0.2) is 46.3 Å². The van der Waals surface area contributed by atoms with E-state index in [1.54, 1.807) is 18.4 Å². The number of ether oxygens (including phenoxy) is 1. The molecule has 28 heavy (non-hydrogen) atoms. The van der Waals surface area contributed by atoms with Gasteiger partial charge in [-0.2, -0.15) is 4.98 Å². The molecule has 0 aliphatic carbocycles. The van der Waals surface area contributed by atoms with Gasteiger partial charge in [-0.15, -0.1) is 11.3 Å². The summed E-state index contributed by atoms with van der Waals surface area (Å²) >= 11 is 1.61. The van der Waals surface area contributed by atoms with Gasteiger partial charge in [-0.1, -0.05) is 11.2 Å². The van der Waals surface area contributed by atoms with Crippen molar-refractivity contribution in [1.29, 1.82) is 0 Å². The fraction of sp³-hybridized carbons (Fsp3) is 0.227. The Kier molecular flexibility index (Phi) is 4.96. The molecule has 0 N–H and O–H groups in total. The van der Waals surface area contributed by atoms with Gasteiger partial charge in [0.05, 0.1) is 19.2 Å². The van der Waals surface area contributed by atoms with E-state index in [-0.39, 0.29) is 0 Å². The van der Waals surface area contributed by atoms with Crippen LogP contribution >= 0.6 is 11.3 Å². The lowest BCUT2D eigenvalue weighted by atomic mass is 9.99. The lowest BCUT2D eigenvalue weighted by Crippen LogP contribution is -1.91. The average Bonchev–Trinajstić information content (AvgIpc) is 3.35. The molecule has 0 atom stereocenters. The van der Waals surface area contributed by atoms with Gasteiger partial charge in [0.1, 0.15) is 10.8 Å². The van der Waals surface area contributed by atoms with Crippen molar-refractivity contribution in [3.05, 3.63) is 69.4 Å². The van der Waals surface area contributed by atoms with Crippen LogP contribution in [0.25, 0.3) is 22.6 Å². The highest BCUT2D eigenvalue weighted by molar-refractivity contribution is 7.10. The van der Waals surface area contributed by atoms with E-state index in [0.717, 1.165) is 22.0 Å². The SMILES string of the molecule is COc1ccc(-c2noc(Cc3nc(-c4cc(C)c(C)cc4C)cs3)n2)cc1. The van der Waals surface area contributed by atoms with Gasteiger partial charge >= 0.3 is 0 Å². The minimum Gasteiger partial charge on any atom is -0.497 e. The van der Waals surface area contributed by atoms with E-state index in [2.05, 4.69) is 48.4 Å². The predicted molar refractivity (Wildman–Crippen MR) is 111 cm³/mol. The number of benzene rings is 2. The molecule has 0 amide bonds. The Balaban J connectivity index is 1.53. The molecule has 0 aliphatic rings. The molecule has 2 heterocycles. The van der Waals surface area contributed by atoms with Crippen molar-refractivity contribution in [3.8, 4) is 28.4 Å². The van der Waals surface area contributed by atoms with Crippen LogP contribution in [0.4, 0.5) is 0 Å².